The first-order chi connectivity index (χ1) is 9.56. The molecule has 4 heteroatoms. The largest absolute Gasteiger partial charge is 0.466 e. The Labute approximate surface area is 120 Å². The lowest BCUT2D eigenvalue weighted by molar-refractivity contribution is 0.0911. The van der Waals surface area contributed by atoms with E-state index in [1.54, 1.807) is 0 Å². The number of amides is 1. The third kappa shape index (κ3) is 2.37. The predicted molar refractivity (Wildman–Crippen MR) is 77.9 cm³/mol. The van der Waals surface area contributed by atoms with Gasteiger partial charge in [-0.3, -0.25) is 4.79 Å². The molecule has 2 N–H and O–H groups in total. The second kappa shape index (κ2) is 5.24. The van der Waals surface area contributed by atoms with Crippen LogP contribution < -0.4 is 10.6 Å². The van der Waals surface area contributed by atoms with Crippen LogP contribution in [0.5, 0.6) is 0 Å². The Kier molecular flexibility index (Phi) is 3.59. The molecule has 1 saturated carbocycles. The van der Waals surface area contributed by atoms with Crippen LogP contribution in [0.3, 0.4) is 0 Å². The van der Waals surface area contributed by atoms with Crippen LogP contribution in [0.4, 0.5) is 0 Å². The van der Waals surface area contributed by atoms with Crippen LogP contribution in [0.15, 0.2) is 4.42 Å². The van der Waals surface area contributed by atoms with E-state index in [9.17, 15) is 4.79 Å². The maximum absolute atomic E-state index is 12.5. The van der Waals surface area contributed by atoms with E-state index in [0.29, 0.717) is 6.04 Å². The minimum Gasteiger partial charge on any atom is -0.466 e. The predicted octanol–water partition coefficient (Wildman–Crippen LogP) is 2.32. The summed E-state index contributed by atoms with van der Waals surface area (Å²) in [5.74, 6) is 3.17. The van der Waals surface area contributed by atoms with Gasteiger partial charge in [0, 0.05) is 11.6 Å². The van der Waals surface area contributed by atoms with Gasteiger partial charge in [0.25, 0.3) is 5.91 Å². The number of hydrogen-bond donors (Lipinski definition) is 2. The molecule has 1 aliphatic carbocycles. The van der Waals surface area contributed by atoms with Gasteiger partial charge < -0.3 is 15.1 Å². The summed E-state index contributed by atoms with van der Waals surface area (Å²) in [6, 6.07) is 0.317. The minimum absolute atomic E-state index is 0.0336. The number of aryl methyl sites for hydroxylation is 2. The second-order valence-electron chi connectivity index (χ2n) is 6.38. The standard InChI is InChI=1S/C16H24N2O2/c1-9-10(2)20-11(3)15(9)16(19)18-14-5-4-12-7-17-8-13(12)6-14/h12-14,17H,4-8H2,1-3H3,(H,18,19)/t12-,13+,14?/m0/s1. The molecular weight excluding hydrogens is 252 g/mol. The van der Waals surface area contributed by atoms with Gasteiger partial charge in [0.2, 0.25) is 0 Å². The third-order valence-corrected chi connectivity index (χ3v) is 5.08. The molecule has 1 aromatic rings. The molecular formula is C16H24N2O2. The lowest BCUT2D eigenvalue weighted by atomic mass is 9.79. The maximum atomic E-state index is 12.5. The summed E-state index contributed by atoms with van der Waals surface area (Å²) in [6.45, 7) is 8.00. The highest BCUT2D eigenvalue weighted by Gasteiger charge is 2.34. The van der Waals surface area contributed by atoms with Crippen molar-refractivity contribution in [2.24, 2.45) is 11.8 Å². The van der Waals surface area contributed by atoms with Crippen molar-refractivity contribution in [2.45, 2.75) is 46.1 Å². The highest BCUT2D eigenvalue weighted by Crippen LogP contribution is 2.33. The summed E-state index contributed by atoms with van der Waals surface area (Å²) in [7, 11) is 0. The smallest absolute Gasteiger partial charge is 0.255 e. The zero-order valence-corrected chi connectivity index (χ0v) is 12.6. The third-order valence-electron chi connectivity index (χ3n) is 5.08. The van der Waals surface area contributed by atoms with Crippen LogP contribution in [0.2, 0.25) is 0 Å². The van der Waals surface area contributed by atoms with E-state index in [4.69, 9.17) is 4.42 Å². The molecule has 4 nitrogen and oxygen atoms in total. The van der Waals surface area contributed by atoms with Crippen molar-refractivity contribution >= 4 is 5.91 Å². The van der Waals surface area contributed by atoms with Gasteiger partial charge in [0.1, 0.15) is 11.5 Å². The molecule has 0 aromatic carbocycles. The summed E-state index contributed by atoms with van der Waals surface area (Å²) in [5, 5.41) is 6.68. The fraction of sp³-hybridized carbons (Fsp3) is 0.688. The molecule has 1 aliphatic heterocycles. The molecule has 3 rings (SSSR count). The van der Waals surface area contributed by atoms with Gasteiger partial charge in [-0.1, -0.05) is 0 Å². The Bertz CT molecular complexity index is 521. The molecule has 0 radical (unpaired) electrons. The zero-order chi connectivity index (χ0) is 14.3. The molecule has 1 unspecified atom stereocenters. The fourth-order valence-electron chi connectivity index (χ4n) is 3.82. The Hall–Kier alpha value is -1.29. The Balaban J connectivity index is 1.67. The van der Waals surface area contributed by atoms with Crippen LogP contribution >= 0.6 is 0 Å². The molecule has 2 heterocycles. The number of carbonyl (C=O) groups is 1. The van der Waals surface area contributed by atoms with Crippen molar-refractivity contribution in [1.82, 2.24) is 10.6 Å². The summed E-state index contributed by atoms with van der Waals surface area (Å²) < 4.78 is 5.55. The molecule has 2 aliphatic rings. The van der Waals surface area contributed by atoms with Gasteiger partial charge in [-0.2, -0.15) is 0 Å². The first-order valence-corrected chi connectivity index (χ1v) is 7.64. The van der Waals surface area contributed by atoms with Crippen molar-refractivity contribution in [1.29, 1.82) is 0 Å². The summed E-state index contributed by atoms with van der Waals surface area (Å²) in [5.41, 5.74) is 1.70. The van der Waals surface area contributed by atoms with E-state index in [1.807, 2.05) is 20.8 Å². The van der Waals surface area contributed by atoms with Crippen LogP contribution in [0.25, 0.3) is 0 Å². The molecule has 3 atom stereocenters. The maximum Gasteiger partial charge on any atom is 0.255 e. The first kappa shape index (κ1) is 13.7. The number of hydrogen-bond acceptors (Lipinski definition) is 3. The number of fused-ring (bicyclic) bond motifs is 1. The molecule has 0 bridgehead atoms. The molecule has 1 saturated heterocycles. The van der Waals surface area contributed by atoms with Crippen LogP contribution in [0.1, 0.15) is 46.7 Å². The van der Waals surface area contributed by atoms with Crippen LogP contribution in [-0.2, 0) is 0 Å². The fourth-order valence-corrected chi connectivity index (χ4v) is 3.82. The normalized spacial score (nSPS) is 29.2. The average molecular weight is 276 g/mol. The number of carbonyl (C=O) groups excluding carboxylic acids is 1. The van der Waals surface area contributed by atoms with Gasteiger partial charge in [-0.05, 0) is 65.0 Å². The lowest BCUT2D eigenvalue weighted by Crippen LogP contribution is -2.40. The van der Waals surface area contributed by atoms with Crippen LogP contribution in [0, 0.1) is 32.6 Å². The van der Waals surface area contributed by atoms with Crippen molar-refractivity contribution in [3.05, 3.63) is 22.6 Å². The van der Waals surface area contributed by atoms with Gasteiger partial charge in [-0.15, -0.1) is 0 Å². The van der Waals surface area contributed by atoms with Crippen molar-refractivity contribution in [2.75, 3.05) is 13.1 Å². The monoisotopic (exact) mass is 276 g/mol. The van der Waals surface area contributed by atoms with Crippen LogP contribution in [-0.4, -0.2) is 25.0 Å². The van der Waals surface area contributed by atoms with Gasteiger partial charge in [0.15, 0.2) is 0 Å². The van der Waals surface area contributed by atoms with E-state index in [-0.39, 0.29) is 5.91 Å². The average Bonchev–Trinajstić information content (AvgIpc) is 2.94. The van der Waals surface area contributed by atoms with E-state index in [2.05, 4.69) is 10.6 Å². The number of furan rings is 1. The zero-order valence-electron chi connectivity index (χ0n) is 12.6. The van der Waals surface area contributed by atoms with Gasteiger partial charge in [0.05, 0.1) is 5.56 Å². The highest BCUT2D eigenvalue weighted by atomic mass is 16.3. The molecule has 1 amide bonds. The molecule has 20 heavy (non-hydrogen) atoms. The van der Waals surface area contributed by atoms with E-state index in [0.717, 1.165) is 60.4 Å². The minimum atomic E-state index is 0.0336. The number of nitrogens with one attached hydrogen (secondary N) is 2. The first-order valence-electron chi connectivity index (χ1n) is 7.64. The highest BCUT2D eigenvalue weighted by molar-refractivity contribution is 5.97. The summed E-state index contributed by atoms with van der Waals surface area (Å²) in [6.07, 6.45) is 3.44. The molecule has 2 fully saturated rings. The van der Waals surface area contributed by atoms with Crippen molar-refractivity contribution in [3.63, 3.8) is 0 Å². The Morgan fingerprint density at radius 1 is 1.15 bits per heavy atom. The molecule has 110 valence electrons. The lowest BCUT2D eigenvalue weighted by Gasteiger charge is -2.31. The summed E-state index contributed by atoms with van der Waals surface area (Å²) >= 11 is 0. The van der Waals surface area contributed by atoms with Crippen molar-refractivity contribution in [3.8, 4) is 0 Å². The van der Waals surface area contributed by atoms with E-state index in [1.165, 1.54) is 6.42 Å². The topological polar surface area (TPSA) is 54.3 Å². The SMILES string of the molecule is Cc1oc(C)c(C(=O)NC2CC[C@H]3CNC[C@H]3C2)c1C. The second-order valence-corrected chi connectivity index (χ2v) is 6.38. The quantitative estimate of drug-likeness (QED) is 0.871. The van der Waals surface area contributed by atoms with Gasteiger partial charge in [-0.25, -0.2) is 0 Å². The Morgan fingerprint density at radius 2 is 1.90 bits per heavy atom. The molecule has 1 aromatic heterocycles. The van der Waals surface area contributed by atoms with Gasteiger partial charge >= 0.3 is 0 Å². The number of rotatable bonds is 2. The van der Waals surface area contributed by atoms with E-state index >= 15 is 0 Å². The summed E-state index contributed by atoms with van der Waals surface area (Å²) in [4.78, 5) is 12.5. The van der Waals surface area contributed by atoms with Crippen molar-refractivity contribution < 1.29 is 9.21 Å². The molecule has 0 spiro atoms. The Morgan fingerprint density at radius 3 is 2.60 bits per heavy atom. The van der Waals surface area contributed by atoms with E-state index < -0.39 is 0 Å².